The molecule has 1 spiro atoms. The SMILES string of the molecule is CC(CCN)N1C(=O)CC2(CCCCC2)CC1=O. The number of hydrogen-bond donors (Lipinski definition) is 1. The Bertz CT molecular complexity index is 315. The minimum Gasteiger partial charge on any atom is -0.330 e. The number of hydrogen-bond acceptors (Lipinski definition) is 3. The van der Waals surface area contributed by atoms with Gasteiger partial charge < -0.3 is 5.73 Å². The maximum absolute atomic E-state index is 12.3. The molecule has 0 aromatic carbocycles. The molecule has 1 aliphatic carbocycles. The van der Waals surface area contributed by atoms with E-state index in [2.05, 4.69) is 0 Å². The van der Waals surface area contributed by atoms with Gasteiger partial charge in [-0.05, 0) is 38.1 Å². The summed E-state index contributed by atoms with van der Waals surface area (Å²) in [5, 5.41) is 0. The van der Waals surface area contributed by atoms with E-state index in [0.717, 1.165) is 12.8 Å². The molecule has 2 aliphatic rings. The van der Waals surface area contributed by atoms with Crippen LogP contribution in [0.5, 0.6) is 0 Å². The normalized spacial score (nSPS) is 25.6. The topological polar surface area (TPSA) is 63.4 Å². The molecule has 1 heterocycles. The van der Waals surface area contributed by atoms with E-state index in [9.17, 15) is 9.59 Å². The Balaban J connectivity index is 2.07. The Morgan fingerprint density at radius 2 is 1.72 bits per heavy atom. The number of piperidine rings is 1. The molecule has 18 heavy (non-hydrogen) atoms. The fourth-order valence-electron chi connectivity index (χ4n) is 3.53. The number of rotatable bonds is 3. The van der Waals surface area contributed by atoms with Crippen molar-refractivity contribution < 1.29 is 9.59 Å². The third-order valence-corrected chi connectivity index (χ3v) is 4.53. The van der Waals surface area contributed by atoms with E-state index >= 15 is 0 Å². The molecule has 102 valence electrons. The van der Waals surface area contributed by atoms with Gasteiger partial charge in [-0.1, -0.05) is 19.3 Å². The second-order valence-electron chi connectivity index (χ2n) is 6.00. The molecule has 1 saturated heterocycles. The van der Waals surface area contributed by atoms with Gasteiger partial charge in [-0.3, -0.25) is 14.5 Å². The molecule has 2 fully saturated rings. The van der Waals surface area contributed by atoms with Crippen molar-refractivity contribution in [3.05, 3.63) is 0 Å². The number of imide groups is 1. The maximum atomic E-state index is 12.3. The lowest BCUT2D eigenvalue weighted by molar-refractivity contribution is -0.157. The van der Waals surface area contributed by atoms with E-state index in [1.165, 1.54) is 24.2 Å². The van der Waals surface area contributed by atoms with Crippen LogP contribution in [0.3, 0.4) is 0 Å². The Hall–Kier alpha value is -0.900. The molecule has 0 aromatic rings. The average Bonchev–Trinajstić information content (AvgIpc) is 2.28. The quantitative estimate of drug-likeness (QED) is 0.779. The first-order valence-electron chi connectivity index (χ1n) is 7.13. The zero-order valence-electron chi connectivity index (χ0n) is 11.3. The highest BCUT2D eigenvalue weighted by Crippen LogP contribution is 2.45. The van der Waals surface area contributed by atoms with Crippen LogP contribution in [0.15, 0.2) is 0 Å². The van der Waals surface area contributed by atoms with Crippen LogP contribution in [-0.4, -0.2) is 29.3 Å². The van der Waals surface area contributed by atoms with Crippen LogP contribution in [0.2, 0.25) is 0 Å². The van der Waals surface area contributed by atoms with E-state index in [-0.39, 0.29) is 23.3 Å². The Morgan fingerprint density at radius 1 is 1.17 bits per heavy atom. The van der Waals surface area contributed by atoms with E-state index in [1.54, 1.807) is 0 Å². The van der Waals surface area contributed by atoms with Crippen LogP contribution in [0.1, 0.15) is 58.3 Å². The summed E-state index contributed by atoms with van der Waals surface area (Å²) in [5.74, 6) is 0.0446. The zero-order chi connectivity index (χ0) is 13.2. The highest BCUT2D eigenvalue weighted by atomic mass is 16.2. The highest BCUT2D eigenvalue weighted by molar-refractivity contribution is 5.98. The lowest BCUT2D eigenvalue weighted by Gasteiger charge is -2.44. The van der Waals surface area contributed by atoms with Crippen LogP contribution in [0.4, 0.5) is 0 Å². The van der Waals surface area contributed by atoms with Crippen molar-refractivity contribution in [2.75, 3.05) is 6.54 Å². The monoisotopic (exact) mass is 252 g/mol. The van der Waals surface area contributed by atoms with Gasteiger partial charge in [0.15, 0.2) is 0 Å². The first-order valence-corrected chi connectivity index (χ1v) is 7.13. The van der Waals surface area contributed by atoms with Gasteiger partial charge >= 0.3 is 0 Å². The molecule has 1 unspecified atom stereocenters. The lowest BCUT2D eigenvalue weighted by Crippen LogP contribution is -2.52. The smallest absolute Gasteiger partial charge is 0.229 e. The van der Waals surface area contributed by atoms with Crippen molar-refractivity contribution in [1.82, 2.24) is 4.90 Å². The second-order valence-corrected chi connectivity index (χ2v) is 6.00. The van der Waals surface area contributed by atoms with Gasteiger partial charge in [-0.15, -0.1) is 0 Å². The molecule has 0 bridgehead atoms. The van der Waals surface area contributed by atoms with Crippen molar-refractivity contribution in [3.8, 4) is 0 Å². The molecule has 2 amide bonds. The van der Waals surface area contributed by atoms with Crippen LogP contribution in [0, 0.1) is 5.41 Å². The van der Waals surface area contributed by atoms with E-state index < -0.39 is 0 Å². The summed E-state index contributed by atoms with van der Waals surface area (Å²) >= 11 is 0. The van der Waals surface area contributed by atoms with Crippen LogP contribution >= 0.6 is 0 Å². The minimum atomic E-state index is -0.0454. The van der Waals surface area contributed by atoms with Crippen molar-refractivity contribution in [1.29, 1.82) is 0 Å². The number of nitrogens with zero attached hydrogens (tertiary/aromatic N) is 1. The van der Waals surface area contributed by atoms with Crippen molar-refractivity contribution in [2.24, 2.45) is 11.1 Å². The molecular formula is C14H24N2O2. The summed E-state index contributed by atoms with van der Waals surface area (Å²) in [6.07, 6.45) is 7.49. The fourth-order valence-corrected chi connectivity index (χ4v) is 3.53. The third-order valence-electron chi connectivity index (χ3n) is 4.53. The minimum absolute atomic E-state index is 0.00858. The van der Waals surface area contributed by atoms with Gasteiger partial charge in [0.25, 0.3) is 0 Å². The summed E-state index contributed by atoms with van der Waals surface area (Å²) in [4.78, 5) is 26.0. The Kier molecular flexibility index (Phi) is 4.05. The van der Waals surface area contributed by atoms with Gasteiger partial charge in [-0.25, -0.2) is 0 Å². The Labute approximate surface area is 109 Å². The number of carbonyl (C=O) groups excluding carboxylic acids is 2. The van der Waals surface area contributed by atoms with Crippen LogP contribution in [-0.2, 0) is 9.59 Å². The largest absolute Gasteiger partial charge is 0.330 e. The summed E-state index contributed by atoms with van der Waals surface area (Å²) in [7, 11) is 0. The summed E-state index contributed by atoms with van der Waals surface area (Å²) in [6.45, 7) is 2.44. The van der Waals surface area contributed by atoms with Gasteiger partial charge in [0.1, 0.15) is 0 Å². The average molecular weight is 252 g/mol. The van der Waals surface area contributed by atoms with Crippen LogP contribution in [0.25, 0.3) is 0 Å². The predicted octanol–water partition coefficient (Wildman–Crippen LogP) is 1.82. The van der Waals surface area contributed by atoms with Crippen molar-refractivity contribution >= 4 is 11.8 Å². The molecule has 0 aromatic heterocycles. The molecule has 0 radical (unpaired) electrons. The fraction of sp³-hybridized carbons (Fsp3) is 0.857. The van der Waals surface area contributed by atoms with E-state index in [4.69, 9.17) is 5.73 Å². The predicted molar refractivity (Wildman–Crippen MR) is 69.7 cm³/mol. The number of likely N-dealkylation sites (tertiary alicyclic amines) is 1. The molecular weight excluding hydrogens is 228 g/mol. The zero-order valence-corrected chi connectivity index (χ0v) is 11.3. The summed E-state index contributed by atoms with van der Waals surface area (Å²) < 4.78 is 0. The molecule has 1 saturated carbocycles. The van der Waals surface area contributed by atoms with Crippen molar-refractivity contribution in [3.63, 3.8) is 0 Å². The lowest BCUT2D eigenvalue weighted by atomic mass is 9.67. The highest BCUT2D eigenvalue weighted by Gasteiger charge is 2.44. The molecule has 1 atom stereocenters. The Morgan fingerprint density at radius 3 is 2.22 bits per heavy atom. The summed E-state index contributed by atoms with van der Waals surface area (Å²) in [5.41, 5.74) is 5.51. The number of amides is 2. The number of nitrogens with two attached hydrogens (primary N) is 1. The standard InChI is InChI=1S/C14H24N2O2/c1-11(5-8-15)16-12(17)9-14(10-13(16)18)6-3-2-4-7-14/h11H,2-10,15H2,1H3. The summed E-state index contributed by atoms with van der Waals surface area (Å²) in [6, 6.07) is -0.0454. The van der Waals surface area contributed by atoms with E-state index in [1.807, 2.05) is 6.92 Å². The van der Waals surface area contributed by atoms with Gasteiger partial charge in [0, 0.05) is 18.9 Å². The number of carbonyl (C=O) groups is 2. The third kappa shape index (κ3) is 2.58. The first-order chi connectivity index (χ1) is 8.58. The maximum Gasteiger partial charge on any atom is 0.229 e. The molecule has 4 heteroatoms. The van der Waals surface area contributed by atoms with Crippen molar-refractivity contribution in [2.45, 2.75) is 64.3 Å². The molecule has 4 nitrogen and oxygen atoms in total. The van der Waals surface area contributed by atoms with Crippen LogP contribution < -0.4 is 5.73 Å². The van der Waals surface area contributed by atoms with Gasteiger partial charge in [0.2, 0.25) is 11.8 Å². The molecule has 2 rings (SSSR count). The molecule has 1 aliphatic heterocycles. The van der Waals surface area contributed by atoms with Gasteiger partial charge in [-0.2, -0.15) is 0 Å². The molecule has 2 N–H and O–H groups in total. The second kappa shape index (κ2) is 5.39. The first kappa shape index (κ1) is 13.5. The van der Waals surface area contributed by atoms with Gasteiger partial charge in [0.05, 0.1) is 0 Å². The van der Waals surface area contributed by atoms with E-state index in [0.29, 0.717) is 25.8 Å².